The summed E-state index contributed by atoms with van der Waals surface area (Å²) in [5.41, 5.74) is 1.76. The van der Waals surface area contributed by atoms with Gasteiger partial charge in [0.1, 0.15) is 17.6 Å². The Morgan fingerprint density at radius 3 is 2.26 bits per heavy atom. The average molecular weight is 429 g/mol. The first kappa shape index (κ1) is 24.4. The van der Waals surface area contributed by atoms with Gasteiger partial charge in [-0.05, 0) is 55.5 Å². The standard InChI is InChI=1S/C25H33FN2O3/c1-6-22(25(30)27-18(4)5)28(15-19-11-13-20(26)14-12-19)24(29)16-31-23-10-8-7-9-21(23)17(2)3/h7-14,17-18,22H,6,15-16H2,1-5H3,(H,27,30)/t22-/m1/s1. The quantitative estimate of drug-likeness (QED) is 0.599. The van der Waals surface area contributed by atoms with Crippen LogP contribution < -0.4 is 10.1 Å². The van der Waals surface area contributed by atoms with E-state index in [0.717, 1.165) is 11.1 Å². The second-order valence-electron chi connectivity index (χ2n) is 8.22. The number of ether oxygens (including phenoxy) is 1. The van der Waals surface area contributed by atoms with Crippen LogP contribution in [-0.2, 0) is 16.1 Å². The van der Waals surface area contributed by atoms with Crippen molar-refractivity contribution in [2.45, 2.75) is 65.6 Å². The summed E-state index contributed by atoms with van der Waals surface area (Å²) in [5.74, 6) is 0.0538. The summed E-state index contributed by atoms with van der Waals surface area (Å²) in [6.45, 7) is 9.76. The van der Waals surface area contributed by atoms with Crippen LogP contribution >= 0.6 is 0 Å². The van der Waals surface area contributed by atoms with Crippen LogP contribution in [0.1, 0.15) is 58.1 Å². The van der Waals surface area contributed by atoms with Crippen LogP contribution in [0.3, 0.4) is 0 Å². The third-order valence-corrected chi connectivity index (χ3v) is 4.98. The molecule has 0 aliphatic carbocycles. The predicted octanol–water partition coefficient (Wildman–Crippen LogP) is 4.66. The average Bonchev–Trinajstić information content (AvgIpc) is 2.72. The summed E-state index contributed by atoms with van der Waals surface area (Å²) in [7, 11) is 0. The number of carbonyl (C=O) groups excluding carboxylic acids is 2. The molecule has 0 heterocycles. The van der Waals surface area contributed by atoms with Crippen LogP contribution in [0, 0.1) is 5.82 Å². The van der Waals surface area contributed by atoms with Gasteiger partial charge in [-0.1, -0.05) is 51.1 Å². The fourth-order valence-electron chi connectivity index (χ4n) is 3.40. The molecule has 0 radical (unpaired) electrons. The molecule has 0 unspecified atom stereocenters. The zero-order valence-electron chi connectivity index (χ0n) is 19.0. The molecule has 2 aromatic rings. The summed E-state index contributed by atoms with van der Waals surface area (Å²) >= 11 is 0. The van der Waals surface area contributed by atoms with Gasteiger partial charge in [-0.25, -0.2) is 4.39 Å². The Bertz CT molecular complexity index is 865. The largest absolute Gasteiger partial charge is 0.483 e. The number of hydrogen-bond donors (Lipinski definition) is 1. The van der Waals surface area contributed by atoms with Crippen molar-refractivity contribution in [2.24, 2.45) is 0 Å². The van der Waals surface area contributed by atoms with Crippen LogP contribution in [0.5, 0.6) is 5.75 Å². The van der Waals surface area contributed by atoms with E-state index in [0.29, 0.717) is 12.2 Å². The summed E-state index contributed by atoms with van der Waals surface area (Å²) in [5, 5.41) is 2.89. The molecule has 6 heteroatoms. The highest BCUT2D eigenvalue weighted by atomic mass is 19.1. The molecule has 0 saturated carbocycles. The number of nitrogens with zero attached hydrogens (tertiary/aromatic N) is 1. The van der Waals surface area contributed by atoms with Gasteiger partial charge in [0.15, 0.2) is 6.61 Å². The molecule has 168 valence electrons. The molecular formula is C25H33FN2O3. The zero-order valence-corrected chi connectivity index (χ0v) is 19.0. The summed E-state index contributed by atoms with van der Waals surface area (Å²) in [6.07, 6.45) is 0.452. The van der Waals surface area contributed by atoms with Gasteiger partial charge in [-0.2, -0.15) is 0 Å². The molecule has 2 rings (SSSR count). The number of benzene rings is 2. The maximum absolute atomic E-state index is 13.3. The lowest BCUT2D eigenvalue weighted by molar-refractivity contribution is -0.143. The SMILES string of the molecule is CC[C@H](C(=O)NC(C)C)N(Cc1ccc(F)cc1)C(=O)COc1ccccc1C(C)C. The minimum Gasteiger partial charge on any atom is -0.483 e. The van der Waals surface area contributed by atoms with Gasteiger partial charge in [-0.15, -0.1) is 0 Å². The van der Waals surface area contributed by atoms with E-state index < -0.39 is 6.04 Å². The molecule has 1 N–H and O–H groups in total. The highest BCUT2D eigenvalue weighted by Gasteiger charge is 2.29. The number of carbonyl (C=O) groups is 2. The maximum Gasteiger partial charge on any atom is 0.261 e. The topological polar surface area (TPSA) is 58.6 Å². The van der Waals surface area contributed by atoms with Crippen molar-refractivity contribution in [3.8, 4) is 5.75 Å². The van der Waals surface area contributed by atoms with Gasteiger partial charge in [0.2, 0.25) is 5.91 Å². The third kappa shape index (κ3) is 7.09. The molecule has 0 fully saturated rings. The minimum absolute atomic E-state index is 0.0431. The van der Waals surface area contributed by atoms with Gasteiger partial charge in [-0.3, -0.25) is 9.59 Å². The smallest absolute Gasteiger partial charge is 0.261 e. The maximum atomic E-state index is 13.3. The van der Waals surface area contributed by atoms with Crippen molar-refractivity contribution in [1.82, 2.24) is 10.2 Å². The minimum atomic E-state index is -0.649. The Morgan fingerprint density at radius 1 is 1.03 bits per heavy atom. The monoisotopic (exact) mass is 428 g/mol. The number of nitrogens with one attached hydrogen (secondary N) is 1. The van der Waals surface area contributed by atoms with Crippen molar-refractivity contribution in [3.05, 3.63) is 65.5 Å². The van der Waals surface area contributed by atoms with E-state index in [9.17, 15) is 14.0 Å². The lowest BCUT2D eigenvalue weighted by atomic mass is 10.0. The summed E-state index contributed by atoms with van der Waals surface area (Å²) < 4.78 is 19.2. The molecule has 31 heavy (non-hydrogen) atoms. The molecule has 5 nitrogen and oxygen atoms in total. The van der Waals surface area contributed by atoms with Crippen LogP contribution in [0.15, 0.2) is 48.5 Å². The molecule has 0 aliphatic rings. The Balaban J connectivity index is 2.24. The third-order valence-electron chi connectivity index (χ3n) is 4.98. The molecule has 2 amide bonds. The van der Waals surface area contributed by atoms with Crippen LogP contribution in [-0.4, -0.2) is 35.4 Å². The van der Waals surface area contributed by atoms with E-state index in [1.54, 1.807) is 12.1 Å². The number of rotatable bonds is 10. The van der Waals surface area contributed by atoms with Crippen molar-refractivity contribution in [1.29, 1.82) is 0 Å². The number of para-hydroxylation sites is 1. The fraction of sp³-hybridized carbons (Fsp3) is 0.440. The molecular weight excluding hydrogens is 395 g/mol. The first-order valence-corrected chi connectivity index (χ1v) is 10.8. The number of amides is 2. The molecule has 0 aliphatic heterocycles. The second-order valence-corrected chi connectivity index (χ2v) is 8.22. The van der Waals surface area contributed by atoms with Crippen molar-refractivity contribution in [3.63, 3.8) is 0 Å². The van der Waals surface area contributed by atoms with E-state index in [1.165, 1.54) is 17.0 Å². The number of halogens is 1. The van der Waals surface area contributed by atoms with E-state index in [4.69, 9.17) is 4.74 Å². The first-order valence-electron chi connectivity index (χ1n) is 10.8. The van der Waals surface area contributed by atoms with Gasteiger partial charge in [0.25, 0.3) is 5.91 Å². The molecule has 0 bridgehead atoms. The molecule has 1 atom stereocenters. The molecule has 0 aromatic heterocycles. The van der Waals surface area contributed by atoms with Crippen LogP contribution in [0.25, 0.3) is 0 Å². The van der Waals surface area contributed by atoms with Gasteiger partial charge in [0.05, 0.1) is 0 Å². The lowest BCUT2D eigenvalue weighted by Crippen LogP contribution is -2.51. The van der Waals surface area contributed by atoms with Crippen molar-refractivity contribution in [2.75, 3.05) is 6.61 Å². The molecule has 0 spiro atoms. The number of hydrogen-bond acceptors (Lipinski definition) is 3. The van der Waals surface area contributed by atoms with Crippen LogP contribution in [0.2, 0.25) is 0 Å². The summed E-state index contributed by atoms with van der Waals surface area (Å²) in [4.78, 5) is 27.5. The van der Waals surface area contributed by atoms with Gasteiger partial charge < -0.3 is 15.0 Å². The molecule has 0 saturated heterocycles. The molecule has 2 aromatic carbocycles. The second kappa shape index (κ2) is 11.5. The van der Waals surface area contributed by atoms with Crippen LogP contribution in [0.4, 0.5) is 4.39 Å². The van der Waals surface area contributed by atoms with Crippen molar-refractivity contribution >= 4 is 11.8 Å². The van der Waals surface area contributed by atoms with E-state index in [1.807, 2.05) is 45.0 Å². The van der Waals surface area contributed by atoms with E-state index in [2.05, 4.69) is 19.2 Å². The van der Waals surface area contributed by atoms with E-state index >= 15 is 0 Å². The predicted molar refractivity (Wildman–Crippen MR) is 120 cm³/mol. The Hall–Kier alpha value is -2.89. The zero-order chi connectivity index (χ0) is 23.0. The lowest BCUT2D eigenvalue weighted by Gasteiger charge is -2.31. The van der Waals surface area contributed by atoms with E-state index in [-0.39, 0.29) is 42.7 Å². The fourth-order valence-corrected chi connectivity index (χ4v) is 3.40. The Morgan fingerprint density at radius 2 is 1.68 bits per heavy atom. The van der Waals surface area contributed by atoms with Gasteiger partial charge >= 0.3 is 0 Å². The normalized spacial score (nSPS) is 12.0. The first-order chi connectivity index (χ1) is 14.7. The summed E-state index contributed by atoms with van der Waals surface area (Å²) in [6, 6.07) is 12.9. The van der Waals surface area contributed by atoms with Gasteiger partial charge in [0, 0.05) is 12.6 Å². The Labute approximate surface area is 184 Å². The van der Waals surface area contributed by atoms with Crippen molar-refractivity contribution < 1.29 is 18.7 Å². The highest BCUT2D eigenvalue weighted by Crippen LogP contribution is 2.26. The Kier molecular flexibility index (Phi) is 9.03. The highest BCUT2D eigenvalue weighted by molar-refractivity contribution is 5.88.